The van der Waals surface area contributed by atoms with E-state index in [1.54, 1.807) is 0 Å². The van der Waals surface area contributed by atoms with E-state index >= 15 is 0 Å². The molecule has 3 aromatic rings. The van der Waals surface area contributed by atoms with Crippen LogP contribution < -0.4 is 14.2 Å². The molecule has 0 saturated heterocycles. The number of hydrogen-bond donors (Lipinski definition) is 1. The van der Waals surface area contributed by atoms with Gasteiger partial charge in [0.25, 0.3) is 10.0 Å². The smallest absolute Gasteiger partial charge is 0.416 e. The van der Waals surface area contributed by atoms with Crippen LogP contribution in [0.4, 0.5) is 18.3 Å². The molecule has 160 valence electrons. The lowest BCUT2D eigenvalue weighted by molar-refractivity contribution is -0.137. The molecule has 0 bridgehead atoms. The van der Waals surface area contributed by atoms with Crippen molar-refractivity contribution in [1.82, 2.24) is 10.2 Å². The number of anilines is 1. The van der Waals surface area contributed by atoms with Gasteiger partial charge in [-0.05, 0) is 23.8 Å². The number of hydrogen-bond acceptors (Lipinski definition) is 7. The second-order valence-electron chi connectivity index (χ2n) is 6.00. The maximum absolute atomic E-state index is 12.8. The molecule has 3 rings (SSSR count). The number of alkyl halides is 3. The van der Waals surface area contributed by atoms with Crippen LogP contribution in [0.15, 0.2) is 47.4 Å². The second kappa shape index (κ2) is 8.48. The molecule has 0 radical (unpaired) electrons. The first kappa shape index (κ1) is 21.8. The predicted molar refractivity (Wildman–Crippen MR) is 105 cm³/mol. The molecule has 2 aromatic carbocycles. The minimum absolute atomic E-state index is 0.00763. The third-order valence-corrected chi connectivity index (χ3v) is 6.27. The molecule has 7 nitrogen and oxygen atoms in total. The number of sulfonamides is 1. The lowest BCUT2D eigenvalue weighted by Crippen LogP contribution is -2.13. The first-order chi connectivity index (χ1) is 14.1. The molecular weight excluding hydrogens is 443 g/mol. The van der Waals surface area contributed by atoms with Gasteiger partial charge in [0.2, 0.25) is 5.13 Å². The Labute approximate surface area is 174 Å². The first-order valence-corrected chi connectivity index (χ1v) is 10.7. The topological polar surface area (TPSA) is 90.4 Å². The van der Waals surface area contributed by atoms with Gasteiger partial charge in [0, 0.05) is 12.5 Å². The van der Waals surface area contributed by atoms with Gasteiger partial charge in [-0.15, -0.1) is 10.2 Å². The summed E-state index contributed by atoms with van der Waals surface area (Å²) in [5, 5.41) is 7.98. The maximum atomic E-state index is 12.8. The zero-order chi connectivity index (χ0) is 21.9. The lowest BCUT2D eigenvalue weighted by atomic mass is 10.1. The normalized spacial score (nSPS) is 11.9. The molecule has 0 aliphatic carbocycles. The Bertz CT molecular complexity index is 1150. The molecule has 1 heterocycles. The fraction of sp³-hybridized carbons (Fsp3) is 0.222. The number of aromatic nitrogens is 2. The number of rotatable bonds is 7. The van der Waals surface area contributed by atoms with Gasteiger partial charge in [0.1, 0.15) is 5.01 Å². The van der Waals surface area contributed by atoms with E-state index in [1.807, 2.05) is 0 Å². The number of nitrogens with one attached hydrogen (secondary N) is 1. The van der Waals surface area contributed by atoms with Crippen molar-refractivity contribution in [3.63, 3.8) is 0 Å². The van der Waals surface area contributed by atoms with Crippen LogP contribution in [0.3, 0.4) is 0 Å². The Hall–Kier alpha value is -2.86. The first-order valence-electron chi connectivity index (χ1n) is 8.36. The Morgan fingerprint density at radius 1 is 1.03 bits per heavy atom. The molecule has 0 spiro atoms. The van der Waals surface area contributed by atoms with Gasteiger partial charge in [0.15, 0.2) is 11.5 Å². The van der Waals surface area contributed by atoms with Crippen molar-refractivity contribution < 1.29 is 31.1 Å². The van der Waals surface area contributed by atoms with Crippen molar-refractivity contribution in [2.75, 3.05) is 18.9 Å². The molecule has 0 aliphatic rings. The molecule has 0 fully saturated rings. The molecular formula is C18H16F3N3O4S2. The quantitative estimate of drug-likeness (QED) is 0.575. The summed E-state index contributed by atoms with van der Waals surface area (Å²) in [6.45, 7) is 0. The number of benzene rings is 2. The molecule has 0 aliphatic heterocycles. The highest BCUT2D eigenvalue weighted by Gasteiger charge is 2.30. The lowest BCUT2D eigenvalue weighted by Gasteiger charge is -2.10. The third kappa shape index (κ3) is 5.00. The summed E-state index contributed by atoms with van der Waals surface area (Å²) in [5.41, 5.74) is -0.380. The molecule has 1 N–H and O–H groups in total. The SMILES string of the molecule is COc1ccc(S(=O)(=O)Nc2nnc(Cc3cccc(C(F)(F)F)c3)s2)cc1OC. The van der Waals surface area contributed by atoms with Crippen LogP contribution in [0.1, 0.15) is 16.1 Å². The van der Waals surface area contributed by atoms with Crippen molar-refractivity contribution in [1.29, 1.82) is 0 Å². The maximum Gasteiger partial charge on any atom is 0.416 e. The highest BCUT2D eigenvalue weighted by molar-refractivity contribution is 7.93. The van der Waals surface area contributed by atoms with Gasteiger partial charge in [-0.3, -0.25) is 4.72 Å². The van der Waals surface area contributed by atoms with Crippen LogP contribution in [-0.4, -0.2) is 32.8 Å². The van der Waals surface area contributed by atoms with E-state index in [0.29, 0.717) is 16.3 Å². The standard InChI is InChI=1S/C18H16F3N3O4S2/c1-27-14-7-6-13(10-15(14)28-2)30(25,26)24-17-23-22-16(29-17)9-11-4-3-5-12(8-11)18(19,20)21/h3-8,10H,9H2,1-2H3,(H,23,24). The predicted octanol–water partition coefficient (Wildman–Crippen LogP) is 3.97. The van der Waals surface area contributed by atoms with Crippen LogP contribution in [-0.2, 0) is 22.6 Å². The van der Waals surface area contributed by atoms with Crippen molar-refractivity contribution >= 4 is 26.5 Å². The van der Waals surface area contributed by atoms with E-state index in [0.717, 1.165) is 23.5 Å². The van der Waals surface area contributed by atoms with Gasteiger partial charge in [-0.1, -0.05) is 29.5 Å². The number of methoxy groups -OCH3 is 2. The monoisotopic (exact) mass is 459 g/mol. The second-order valence-corrected chi connectivity index (χ2v) is 8.74. The zero-order valence-electron chi connectivity index (χ0n) is 15.7. The zero-order valence-corrected chi connectivity index (χ0v) is 17.4. The molecule has 1 aromatic heterocycles. The number of halogens is 3. The minimum Gasteiger partial charge on any atom is -0.493 e. The van der Waals surface area contributed by atoms with Crippen LogP contribution in [0.25, 0.3) is 0 Å². The molecule has 0 amide bonds. The van der Waals surface area contributed by atoms with E-state index in [2.05, 4.69) is 14.9 Å². The van der Waals surface area contributed by atoms with Gasteiger partial charge in [-0.25, -0.2) is 8.42 Å². The van der Waals surface area contributed by atoms with Crippen LogP contribution >= 0.6 is 11.3 Å². The van der Waals surface area contributed by atoms with Crippen molar-refractivity contribution in [2.45, 2.75) is 17.5 Å². The van der Waals surface area contributed by atoms with E-state index in [-0.39, 0.29) is 22.2 Å². The number of nitrogens with zero attached hydrogens (tertiary/aromatic N) is 2. The van der Waals surface area contributed by atoms with Gasteiger partial charge >= 0.3 is 6.18 Å². The Morgan fingerprint density at radius 3 is 2.43 bits per heavy atom. The molecule has 12 heteroatoms. The van der Waals surface area contributed by atoms with Crippen molar-refractivity contribution in [3.8, 4) is 11.5 Å². The van der Waals surface area contributed by atoms with Crippen LogP contribution in [0.2, 0.25) is 0 Å². The van der Waals surface area contributed by atoms with Crippen molar-refractivity contribution in [3.05, 3.63) is 58.6 Å². The largest absolute Gasteiger partial charge is 0.493 e. The van der Waals surface area contributed by atoms with Gasteiger partial charge < -0.3 is 9.47 Å². The number of ether oxygens (including phenoxy) is 2. The van der Waals surface area contributed by atoms with Crippen LogP contribution in [0.5, 0.6) is 11.5 Å². The molecule has 30 heavy (non-hydrogen) atoms. The fourth-order valence-electron chi connectivity index (χ4n) is 2.56. The van der Waals surface area contributed by atoms with E-state index < -0.39 is 21.8 Å². The molecule has 0 atom stereocenters. The highest BCUT2D eigenvalue weighted by Crippen LogP contribution is 2.32. The van der Waals surface area contributed by atoms with E-state index in [9.17, 15) is 21.6 Å². The average molecular weight is 459 g/mol. The average Bonchev–Trinajstić information content (AvgIpc) is 3.12. The summed E-state index contributed by atoms with van der Waals surface area (Å²) in [6.07, 6.45) is -4.36. The van der Waals surface area contributed by atoms with Gasteiger partial charge in [-0.2, -0.15) is 13.2 Å². The summed E-state index contributed by atoms with van der Waals surface area (Å²) in [7, 11) is -1.17. The van der Waals surface area contributed by atoms with Crippen LogP contribution in [0, 0.1) is 0 Å². The summed E-state index contributed by atoms with van der Waals surface area (Å²) in [6, 6.07) is 8.93. The van der Waals surface area contributed by atoms with E-state index in [4.69, 9.17) is 9.47 Å². The summed E-state index contributed by atoms with van der Waals surface area (Å²) in [4.78, 5) is -0.0743. The van der Waals surface area contributed by atoms with Gasteiger partial charge in [0.05, 0.1) is 24.7 Å². The summed E-state index contributed by atoms with van der Waals surface area (Å²) >= 11 is 0.931. The Balaban J connectivity index is 1.77. The highest BCUT2D eigenvalue weighted by atomic mass is 32.2. The minimum atomic E-state index is -4.45. The van der Waals surface area contributed by atoms with E-state index in [1.165, 1.54) is 44.6 Å². The third-order valence-electron chi connectivity index (χ3n) is 3.96. The van der Waals surface area contributed by atoms with Crippen molar-refractivity contribution in [2.24, 2.45) is 0 Å². The summed E-state index contributed by atoms with van der Waals surface area (Å²) in [5.74, 6) is 0.610. The Morgan fingerprint density at radius 2 is 1.77 bits per heavy atom. The molecule has 0 saturated carbocycles. The summed E-state index contributed by atoms with van der Waals surface area (Å²) < 4.78 is 76.2. The fourth-order valence-corrected chi connectivity index (χ4v) is 4.58. The Kier molecular flexibility index (Phi) is 6.17. The molecule has 0 unspecified atom stereocenters.